The number of methoxy groups -OCH3 is 2. The number of hydrogen-bond acceptors (Lipinski definition) is 7. The van der Waals surface area contributed by atoms with Crippen molar-refractivity contribution in [1.29, 1.82) is 0 Å². The fraction of sp³-hybridized carbons (Fsp3) is 0.125. The van der Waals surface area contributed by atoms with Crippen LogP contribution in [0.15, 0.2) is 35.4 Å². The van der Waals surface area contributed by atoms with Gasteiger partial charge in [0, 0.05) is 12.1 Å². The van der Waals surface area contributed by atoms with E-state index in [1.165, 1.54) is 32.6 Å². The average molecular weight is 471 g/mol. The summed E-state index contributed by atoms with van der Waals surface area (Å²) in [6.45, 7) is 0. The molecule has 0 saturated carbocycles. The maximum absolute atomic E-state index is 12.2. The summed E-state index contributed by atoms with van der Waals surface area (Å²) >= 11 is 1.93. The van der Waals surface area contributed by atoms with E-state index in [2.05, 4.69) is 10.5 Å². The first-order valence-electron chi connectivity index (χ1n) is 7.09. The molecule has 0 aliphatic carbocycles. The number of nitro benzene ring substituents is 1. The number of amides is 1. The predicted octanol–water partition coefficient (Wildman–Crippen LogP) is 2.69. The number of aromatic hydroxyl groups is 1. The SMILES string of the molecule is COc1ccc([N+](=O)[O-])cc1C(=O)NN=Cc1cc(I)c(O)c(OC)c1. The van der Waals surface area contributed by atoms with Crippen LogP contribution < -0.4 is 14.9 Å². The molecule has 0 spiro atoms. The van der Waals surface area contributed by atoms with Gasteiger partial charge >= 0.3 is 0 Å². The lowest BCUT2D eigenvalue weighted by atomic mass is 10.1. The second-order valence-electron chi connectivity index (χ2n) is 4.89. The van der Waals surface area contributed by atoms with Gasteiger partial charge in [0.25, 0.3) is 11.6 Å². The number of nitrogens with one attached hydrogen (secondary N) is 1. The molecule has 2 rings (SSSR count). The van der Waals surface area contributed by atoms with E-state index in [0.29, 0.717) is 9.13 Å². The Balaban J connectivity index is 2.21. The smallest absolute Gasteiger partial charge is 0.275 e. The van der Waals surface area contributed by atoms with Crippen molar-refractivity contribution in [1.82, 2.24) is 5.43 Å². The van der Waals surface area contributed by atoms with Crippen LogP contribution in [0.4, 0.5) is 5.69 Å². The lowest BCUT2D eigenvalue weighted by molar-refractivity contribution is -0.384. The minimum absolute atomic E-state index is 0.00983. The molecule has 10 heteroatoms. The van der Waals surface area contributed by atoms with E-state index in [9.17, 15) is 20.0 Å². The van der Waals surface area contributed by atoms with Crippen LogP contribution >= 0.6 is 22.6 Å². The number of rotatable bonds is 6. The van der Waals surface area contributed by atoms with Crippen molar-refractivity contribution in [2.24, 2.45) is 5.10 Å². The third kappa shape index (κ3) is 4.39. The molecule has 0 aliphatic rings. The molecule has 2 aromatic carbocycles. The third-order valence-corrected chi connectivity index (χ3v) is 4.11. The molecule has 26 heavy (non-hydrogen) atoms. The molecule has 0 bridgehead atoms. The Kier molecular flexibility index (Phi) is 6.33. The Bertz CT molecular complexity index is 885. The molecule has 0 fully saturated rings. The fourth-order valence-corrected chi connectivity index (χ4v) is 2.66. The standard InChI is InChI=1S/C16H14IN3O6/c1-25-13-4-3-10(20(23)24)7-11(13)16(22)19-18-8-9-5-12(17)15(21)14(6-9)26-2/h3-8,21H,1-2H3,(H,19,22). The van der Waals surface area contributed by atoms with Gasteiger partial charge in [-0.2, -0.15) is 5.10 Å². The molecule has 0 saturated heterocycles. The zero-order chi connectivity index (χ0) is 19.3. The first-order chi connectivity index (χ1) is 12.4. The number of benzene rings is 2. The molecule has 0 unspecified atom stereocenters. The third-order valence-electron chi connectivity index (χ3n) is 3.29. The summed E-state index contributed by atoms with van der Waals surface area (Å²) in [5.74, 6) is -0.202. The van der Waals surface area contributed by atoms with Crippen molar-refractivity contribution in [3.05, 3.63) is 55.1 Å². The van der Waals surface area contributed by atoms with E-state index in [1.54, 1.807) is 12.1 Å². The van der Waals surface area contributed by atoms with E-state index in [4.69, 9.17) is 9.47 Å². The Hall–Kier alpha value is -2.89. The van der Waals surface area contributed by atoms with Crippen LogP contribution in [0.5, 0.6) is 17.2 Å². The zero-order valence-electron chi connectivity index (χ0n) is 13.7. The summed E-state index contributed by atoms with van der Waals surface area (Å²) in [6.07, 6.45) is 1.35. The first kappa shape index (κ1) is 19.4. The Morgan fingerprint density at radius 1 is 1.27 bits per heavy atom. The predicted molar refractivity (Wildman–Crippen MR) is 102 cm³/mol. The van der Waals surface area contributed by atoms with Gasteiger partial charge in [0.1, 0.15) is 5.75 Å². The van der Waals surface area contributed by atoms with Gasteiger partial charge in [0.05, 0.1) is 34.5 Å². The van der Waals surface area contributed by atoms with Crippen LogP contribution in [0.25, 0.3) is 0 Å². The average Bonchev–Trinajstić information content (AvgIpc) is 2.63. The number of carbonyl (C=O) groups is 1. The summed E-state index contributed by atoms with van der Waals surface area (Å²) in [4.78, 5) is 22.5. The summed E-state index contributed by atoms with van der Waals surface area (Å²) in [7, 11) is 2.77. The maximum Gasteiger partial charge on any atom is 0.275 e. The molecular weight excluding hydrogens is 457 g/mol. The fourth-order valence-electron chi connectivity index (χ4n) is 2.04. The number of carbonyl (C=O) groups excluding carboxylic acids is 1. The Morgan fingerprint density at radius 2 is 1.96 bits per heavy atom. The highest BCUT2D eigenvalue weighted by molar-refractivity contribution is 14.1. The number of nitro groups is 1. The van der Waals surface area contributed by atoms with Crippen molar-refractivity contribution in [3.63, 3.8) is 0 Å². The summed E-state index contributed by atoms with van der Waals surface area (Å²) in [5.41, 5.74) is 2.61. The number of phenolic OH excluding ortho intramolecular Hbond substituents is 1. The number of hydrazone groups is 1. The van der Waals surface area contributed by atoms with Crippen molar-refractivity contribution < 1.29 is 24.3 Å². The molecule has 0 aliphatic heterocycles. The molecule has 2 N–H and O–H groups in total. The number of hydrogen-bond donors (Lipinski definition) is 2. The number of halogens is 1. The van der Waals surface area contributed by atoms with Crippen molar-refractivity contribution in [2.75, 3.05) is 14.2 Å². The number of ether oxygens (including phenoxy) is 2. The minimum atomic E-state index is -0.665. The molecule has 0 atom stereocenters. The van der Waals surface area contributed by atoms with E-state index >= 15 is 0 Å². The van der Waals surface area contributed by atoms with Crippen LogP contribution in [0, 0.1) is 13.7 Å². The van der Waals surface area contributed by atoms with E-state index < -0.39 is 10.8 Å². The molecule has 0 radical (unpaired) electrons. The van der Waals surface area contributed by atoms with Crippen LogP contribution in [0.2, 0.25) is 0 Å². The molecule has 9 nitrogen and oxygen atoms in total. The molecule has 2 aromatic rings. The van der Waals surface area contributed by atoms with Crippen molar-refractivity contribution in [3.8, 4) is 17.2 Å². The van der Waals surface area contributed by atoms with Crippen LogP contribution in [-0.2, 0) is 0 Å². The van der Waals surface area contributed by atoms with Gasteiger partial charge < -0.3 is 14.6 Å². The molecule has 0 aromatic heterocycles. The van der Waals surface area contributed by atoms with Gasteiger partial charge in [-0.05, 0) is 46.4 Å². The molecular formula is C16H14IN3O6. The normalized spacial score (nSPS) is 10.6. The molecule has 1 amide bonds. The quantitative estimate of drug-likeness (QED) is 0.289. The maximum atomic E-state index is 12.2. The lowest BCUT2D eigenvalue weighted by Crippen LogP contribution is -2.18. The topological polar surface area (TPSA) is 123 Å². The van der Waals surface area contributed by atoms with Gasteiger partial charge in [-0.25, -0.2) is 5.43 Å². The highest BCUT2D eigenvalue weighted by Crippen LogP contribution is 2.31. The second-order valence-corrected chi connectivity index (χ2v) is 6.06. The highest BCUT2D eigenvalue weighted by Gasteiger charge is 2.17. The summed E-state index contributed by atoms with van der Waals surface area (Å²) in [6, 6.07) is 6.87. The summed E-state index contributed by atoms with van der Waals surface area (Å²) in [5, 5.41) is 24.5. The van der Waals surface area contributed by atoms with E-state index in [1.807, 2.05) is 22.6 Å². The van der Waals surface area contributed by atoms with Crippen LogP contribution in [0.3, 0.4) is 0 Å². The van der Waals surface area contributed by atoms with Gasteiger partial charge in [-0.1, -0.05) is 0 Å². The number of phenols is 1. The number of non-ortho nitro benzene ring substituents is 1. The van der Waals surface area contributed by atoms with Crippen molar-refractivity contribution >= 4 is 40.4 Å². The van der Waals surface area contributed by atoms with Gasteiger partial charge in [-0.3, -0.25) is 14.9 Å². The van der Waals surface area contributed by atoms with Gasteiger partial charge in [0.2, 0.25) is 0 Å². The van der Waals surface area contributed by atoms with E-state index in [-0.39, 0.29) is 28.5 Å². The molecule has 0 heterocycles. The van der Waals surface area contributed by atoms with Crippen LogP contribution in [0.1, 0.15) is 15.9 Å². The lowest BCUT2D eigenvalue weighted by Gasteiger charge is -2.07. The first-order valence-corrected chi connectivity index (χ1v) is 8.17. The van der Waals surface area contributed by atoms with Gasteiger partial charge in [0.15, 0.2) is 11.5 Å². The largest absolute Gasteiger partial charge is 0.504 e. The Labute approximate surface area is 161 Å². The van der Waals surface area contributed by atoms with Crippen LogP contribution in [-0.4, -0.2) is 36.4 Å². The van der Waals surface area contributed by atoms with Gasteiger partial charge in [-0.15, -0.1) is 0 Å². The zero-order valence-corrected chi connectivity index (χ0v) is 15.9. The number of nitrogens with zero attached hydrogens (tertiary/aromatic N) is 2. The highest BCUT2D eigenvalue weighted by atomic mass is 127. The summed E-state index contributed by atoms with van der Waals surface area (Å²) < 4.78 is 10.6. The minimum Gasteiger partial charge on any atom is -0.504 e. The van der Waals surface area contributed by atoms with E-state index in [0.717, 1.165) is 6.07 Å². The van der Waals surface area contributed by atoms with Crippen molar-refractivity contribution in [2.45, 2.75) is 0 Å². The monoisotopic (exact) mass is 471 g/mol. The second kappa shape index (κ2) is 8.47. The molecule has 136 valence electrons. The Morgan fingerprint density at radius 3 is 2.58 bits per heavy atom.